The van der Waals surface area contributed by atoms with E-state index in [2.05, 4.69) is 34.4 Å². The maximum atomic E-state index is 12.1. The van der Waals surface area contributed by atoms with E-state index in [4.69, 9.17) is 4.74 Å². The summed E-state index contributed by atoms with van der Waals surface area (Å²) in [5.41, 5.74) is 0.617. The van der Waals surface area contributed by atoms with E-state index in [0.717, 1.165) is 37.6 Å². The zero-order valence-corrected chi connectivity index (χ0v) is 15.3. The molecule has 0 atom stereocenters. The quantitative estimate of drug-likeness (QED) is 0.412. The number of ether oxygens (including phenoxy) is 1. The lowest BCUT2D eigenvalue weighted by Crippen LogP contribution is -2.40. The summed E-state index contributed by atoms with van der Waals surface area (Å²) >= 11 is 0. The highest BCUT2D eigenvalue weighted by atomic mass is 16.5. The Kier molecular flexibility index (Phi) is 9.34. The molecule has 0 aromatic heterocycles. The molecule has 0 saturated heterocycles. The number of carbonyl (C=O) groups is 1. The Morgan fingerprint density at radius 3 is 2.50 bits per heavy atom. The highest BCUT2D eigenvalue weighted by molar-refractivity contribution is 5.94. The normalized spacial score (nSPS) is 11.1. The first-order chi connectivity index (χ1) is 11.6. The lowest BCUT2D eigenvalue weighted by molar-refractivity contribution is 0.0954. The van der Waals surface area contributed by atoms with Crippen molar-refractivity contribution in [1.82, 2.24) is 15.5 Å². The van der Waals surface area contributed by atoms with Crippen LogP contribution >= 0.6 is 0 Å². The minimum Gasteiger partial charge on any atom is -0.497 e. The SMILES string of the molecule is CCCCN(C)C(=NCCNC(=O)c1ccc(OC)cc1)NCC. The molecule has 0 heterocycles. The summed E-state index contributed by atoms with van der Waals surface area (Å²) in [6.07, 6.45) is 2.29. The summed E-state index contributed by atoms with van der Waals surface area (Å²) in [6, 6.07) is 7.05. The zero-order valence-electron chi connectivity index (χ0n) is 15.3. The largest absolute Gasteiger partial charge is 0.497 e. The first-order valence-electron chi connectivity index (χ1n) is 8.54. The lowest BCUT2D eigenvalue weighted by atomic mass is 10.2. The molecule has 1 rings (SSSR count). The highest BCUT2D eigenvalue weighted by Crippen LogP contribution is 2.10. The summed E-state index contributed by atoms with van der Waals surface area (Å²) in [7, 11) is 3.64. The Balaban J connectivity index is 2.46. The van der Waals surface area contributed by atoms with Crippen molar-refractivity contribution in [3.8, 4) is 5.75 Å². The van der Waals surface area contributed by atoms with Crippen LogP contribution in [-0.4, -0.2) is 57.1 Å². The van der Waals surface area contributed by atoms with Crippen molar-refractivity contribution in [2.75, 3.05) is 40.3 Å². The summed E-state index contributed by atoms with van der Waals surface area (Å²) in [5.74, 6) is 1.52. The van der Waals surface area contributed by atoms with Crippen LogP contribution in [-0.2, 0) is 0 Å². The Morgan fingerprint density at radius 1 is 1.21 bits per heavy atom. The fraction of sp³-hybridized carbons (Fsp3) is 0.556. The molecule has 1 aromatic carbocycles. The molecule has 1 amide bonds. The van der Waals surface area contributed by atoms with E-state index in [1.54, 1.807) is 31.4 Å². The number of nitrogens with zero attached hydrogens (tertiary/aromatic N) is 2. The molecule has 0 aliphatic rings. The topological polar surface area (TPSA) is 66.0 Å². The molecular weight excluding hydrogens is 304 g/mol. The minimum atomic E-state index is -0.0998. The molecular formula is C18H30N4O2. The van der Waals surface area contributed by atoms with Crippen LogP contribution in [0.25, 0.3) is 0 Å². The van der Waals surface area contributed by atoms with Gasteiger partial charge in [0.2, 0.25) is 0 Å². The van der Waals surface area contributed by atoms with E-state index in [0.29, 0.717) is 18.7 Å². The van der Waals surface area contributed by atoms with Crippen molar-refractivity contribution in [2.24, 2.45) is 4.99 Å². The van der Waals surface area contributed by atoms with Crippen molar-refractivity contribution in [3.05, 3.63) is 29.8 Å². The van der Waals surface area contributed by atoms with Crippen LogP contribution in [0.3, 0.4) is 0 Å². The predicted molar refractivity (Wildman–Crippen MR) is 98.8 cm³/mol. The Labute approximate surface area is 145 Å². The monoisotopic (exact) mass is 334 g/mol. The van der Waals surface area contributed by atoms with Gasteiger partial charge in [-0.05, 0) is 37.6 Å². The second kappa shape index (κ2) is 11.3. The molecule has 0 unspecified atom stereocenters. The van der Waals surface area contributed by atoms with Crippen molar-refractivity contribution >= 4 is 11.9 Å². The number of hydrogen-bond donors (Lipinski definition) is 2. The Hall–Kier alpha value is -2.24. The van der Waals surface area contributed by atoms with Gasteiger partial charge in [0.1, 0.15) is 5.75 Å². The van der Waals surface area contributed by atoms with E-state index in [1.807, 2.05) is 7.05 Å². The van der Waals surface area contributed by atoms with Crippen LogP contribution in [0.5, 0.6) is 5.75 Å². The van der Waals surface area contributed by atoms with Gasteiger partial charge < -0.3 is 20.3 Å². The minimum absolute atomic E-state index is 0.0998. The van der Waals surface area contributed by atoms with Gasteiger partial charge in [-0.15, -0.1) is 0 Å². The molecule has 0 saturated carbocycles. The smallest absolute Gasteiger partial charge is 0.251 e. The fourth-order valence-corrected chi connectivity index (χ4v) is 2.15. The standard InChI is InChI=1S/C18H30N4O2/c1-5-7-14-22(3)18(19-6-2)21-13-12-20-17(23)15-8-10-16(24-4)11-9-15/h8-11H,5-7,12-14H2,1-4H3,(H,19,21)(H,20,23). The summed E-state index contributed by atoms with van der Waals surface area (Å²) in [5, 5.41) is 6.16. The van der Waals surface area contributed by atoms with Crippen LogP contribution in [0.1, 0.15) is 37.0 Å². The first-order valence-corrected chi connectivity index (χ1v) is 8.54. The van der Waals surface area contributed by atoms with Gasteiger partial charge in [-0.1, -0.05) is 13.3 Å². The second-order valence-electron chi connectivity index (χ2n) is 5.50. The Bertz CT molecular complexity index is 514. The van der Waals surface area contributed by atoms with Crippen molar-refractivity contribution in [3.63, 3.8) is 0 Å². The average molecular weight is 334 g/mol. The number of methoxy groups -OCH3 is 1. The van der Waals surface area contributed by atoms with E-state index in [9.17, 15) is 4.79 Å². The molecule has 24 heavy (non-hydrogen) atoms. The van der Waals surface area contributed by atoms with Gasteiger partial charge in [0.25, 0.3) is 5.91 Å². The lowest BCUT2D eigenvalue weighted by Gasteiger charge is -2.21. The third-order valence-electron chi connectivity index (χ3n) is 3.55. The van der Waals surface area contributed by atoms with Crippen LogP contribution < -0.4 is 15.4 Å². The number of carbonyl (C=O) groups excluding carboxylic acids is 1. The third kappa shape index (κ3) is 6.89. The zero-order chi connectivity index (χ0) is 17.8. The van der Waals surface area contributed by atoms with Gasteiger partial charge in [0, 0.05) is 32.2 Å². The van der Waals surface area contributed by atoms with E-state index >= 15 is 0 Å². The highest BCUT2D eigenvalue weighted by Gasteiger charge is 2.06. The molecule has 6 nitrogen and oxygen atoms in total. The molecule has 0 aliphatic carbocycles. The van der Waals surface area contributed by atoms with Gasteiger partial charge >= 0.3 is 0 Å². The van der Waals surface area contributed by atoms with Crippen molar-refractivity contribution < 1.29 is 9.53 Å². The van der Waals surface area contributed by atoms with Crippen molar-refractivity contribution in [1.29, 1.82) is 0 Å². The maximum absolute atomic E-state index is 12.1. The number of hydrogen-bond acceptors (Lipinski definition) is 3. The number of amides is 1. The van der Waals surface area contributed by atoms with Crippen LogP contribution in [0.2, 0.25) is 0 Å². The van der Waals surface area contributed by atoms with Crippen LogP contribution in [0.15, 0.2) is 29.3 Å². The predicted octanol–water partition coefficient (Wildman–Crippen LogP) is 2.12. The molecule has 0 radical (unpaired) electrons. The third-order valence-corrected chi connectivity index (χ3v) is 3.55. The number of aliphatic imine (C=N–C) groups is 1. The first kappa shape index (κ1) is 19.8. The average Bonchev–Trinajstić information content (AvgIpc) is 2.62. The van der Waals surface area contributed by atoms with Crippen LogP contribution in [0.4, 0.5) is 0 Å². The number of guanidine groups is 1. The van der Waals surface area contributed by atoms with Crippen molar-refractivity contribution in [2.45, 2.75) is 26.7 Å². The molecule has 0 aliphatic heterocycles. The second-order valence-corrected chi connectivity index (χ2v) is 5.50. The molecule has 0 spiro atoms. The number of unbranched alkanes of at least 4 members (excludes halogenated alkanes) is 1. The number of rotatable bonds is 9. The Morgan fingerprint density at radius 2 is 1.92 bits per heavy atom. The van der Waals surface area contributed by atoms with Gasteiger partial charge in [0.15, 0.2) is 5.96 Å². The summed E-state index contributed by atoms with van der Waals surface area (Å²) < 4.78 is 5.09. The van der Waals surface area contributed by atoms with E-state index in [-0.39, 0.29) is 5.91 Å². The summed E-state index contributed by atoms with van der Waals surface area (Å²) in [4.78, 5) is 18.7. The molecule has 2 N–H and O–H groups in total. The van der Waals surface area contributed by atoms with Crippen LogP contribution in [0, 0.1) is 0 Å². The molecule has 0 bridgehead atoms. The van der Waals surface area contributed by atoms with E-state index < -0.39 is 0 Å². The van der Waals surface area contributed by atoms with Gasteiger partial charge in [-0.2, -0.15) is 0 Å². The summed E-state index contributed by atoms with van der Waals surface area (Å²) in [6.45, 7) is 7.07. The number of benzene rings is 1. The van der Waals surface area contributed by atoms with Gasteiger partial charge in [0.05, 0.1) is 13.7 Å². The molecule has 1 aromatic rings. The van der Waals surface area contributed by atoms with Gasteiger partial charge in [-0.3, -0.25) is 9.79 Å². The molecule has 0 fully saturated rings. The van der Waals surface area contributed by atoms with Gasteiger partial charge in [-0.25, -0.2) is 0 Å². The molecule has 6 heteroatoms. The maximum Gasteiger partial charge on any atom is 0.251 e. The molecule has 134 valence electrons. The fourth-order valence-electron chi connectivity index (χ4n) is 2.15. The number of nitrogens with one attached hydrogen (secondary N) is 2. The van der Waals surface area contributed by atoms with E-state index in [1.165, 1.54) is 0 Å².